The number of nitrogens with one attached hydrogen (secondary N) is 2. The molecule has 3 rings (SSSR count). The van der Waals surface area contributed by atoms with Gasteiger partial charge in [0.1, 0.15) is 24.8 Å². The van der Waals surface area contributed by atoms with Gasteiger partial charge in [-0.1, -0.05) is 0 Å². The van der Waals surface area contributed by atoms with E-state index < -0.39 is 12.1 Å². The molecule has 2 amide bonds. The van der Waals surface area contributed by atoms with Crippen molar-refractivity contribution in [3.8, 4) is 0 Å². The largest absolute Gasteiger partial charge is 0.368 e. The Balaban J connectivity index is 1.49. The van der Waals surface area contributed by atoms with Gasteiger partial charge in [0.2, 0.25) is 5.91 Å². The molecule has 2 aromatic rings. The zero-order valence-corrected chi connectivity index (χ0v) is 14.9. The molecule has 1 fully saturated rings. The van der Waals surface area contributed by atoms with Crippen LogP contribution in [0.5, 0.6) is 0 Å². The molecule has 8 nitrogen and oxygen atoms in total. The van der Waals surface area contributed by atoms with Crippen molar-refractivity contribution in [1.29, 1.82) is 0 Å². The minimum atomic E-state index is -0.487. The zero-order chi connectivity index (χ0) is 18.5. The van der Waals surface area contributed by atoms with Gasteiger partial charge in [-0.2, -0.15) is 5.10 Å². The van der Waals surface area contributed by atoms with Gasteiger partial charge in [-0.05, 0) is 56.9 Å². The van der Waals surface area contributed by atoms with Crippen molar-refractivity contribution < 1.29 is 14.3 Å². The molecule has 1 saturated carbocycles. The van der Waals surface area contributed by atoms with Gasteiger partial charge < -0.3 is 15.4 Å². The van der Waals surface area contributed by atoms with E-state index in [0.717, 1.165) is 0 Å². The lowest BCUT2D eigenvalue weighted by atomic mass is 10.2. The molecule has 0 saturated heterocycles. The van der Waals surface area contributed by atoms with Crippen molar-refractivity contribution in [3.63, 3.8) is 0 Å². The van der Waals surface area contributed by atoms with Gasteiger partial charge in [0.15, 0.2) is 0 Å². The smallest absolute Gasteiger partial charge is 0.253 e. The maximum atomic E-state index is 12.2. The van der Waals surface area contributed by atoms with Gasteiger partial charge >= 0.3 is 0 Å². The van der Waals surface area contributed by atoms with Crippen LogP contribution in [0.2, 0.25) is 0 Å². The summed E-state index contributed by atoms with van der Waals surface area (Å²) in [7, 11) is 0. The second kappa shape index (κ2) is 8.09. The molecule has 2 N–H and O–H groups in total. The van der Waals surface area contributed by atoms with Gasteiger partial charge in [-0.25, -0.2) is 9.67 Å². The number of nitrogens with zero attached hydrogens (tertiary/aromatic N) is 3. The number of aromatic nitrogens is 3. The van der Waals surface area contributed by atoms with Crippen LogP contribution in [0.25, 0.3) is 0 Å². The van der Waals surface area contributed by atoms with E-state index in [4.69, 9.17) is 4.74 Å². The molecule has 1 aliphatic carbocycles. The molecular weight excluding hydrogens is 334 g/mol. The van der Waals surface area contributed by atoms with E-state index in [9.17, 15) is 9.59 Å². The van der Waals surface area contributed by atoms with E-state index >= 15 is 0 Å². The highest BCUT2D eigenvalue weighted by Crippen LogP contribution is 2.29. The summed E-state index contributed by atoms with van der Waals surface area (Å²) in [6.45, 7) is 4.13. The average Bonchev–Trinajstić information content (AvgIpc) is 3.31. The van der Waals surface area contributed by atoms with Crippen LogP contribution in [-0.2, 0) is 14.3 Å². The van der Waals surface area contributed by atoms with Crippen molar-refractivity contribution in [2.24, 2.45) is 5.92 Å². The maximum Gasteiger partial charge on any atom is 0.253 e. The summed E-state index contributed by atoms with van der Waals surface area (Å²) >= 11 is 0. The van der Waals surface area contributed by atoms with E-state index in [1.807, 2.05) is 0 Å². The van der Waals surface area contributed by atoms with Crippen LogP contribution in [0.1, 0.15) is 32.7 Å². The lowest BCUT2D eigenvalue weighted by molar-refractivity contribution is -0.126. The van der Waals surface area contributed by atoms with E-state index in [2.05, 4.69) is 20.7 Å². The third-order valence-electron chi connectivity index (χ3n) is 4.28. The lowest BCUT2D eigenvalue weighted by Gasteiger charge is -2.14. The highest BCUT2D eigenvalue weighted by atomic mass is 16.5. The Morgan fingerprint density at radius 3 is 2.31 bits per heavy atom. The maximum absolute atomic E-state index is 12.2. The number of amides is 2. The predicted molar refractivity (Wildman–Crippen MR) is 96.6 cm³/mol. The first-order chi connectivity index (χ1) is 12.5. The quantitative estimate of drug-likeness (QED) is 0.755. The van der Waals surface area contributed by atoms with Crippen molar-refractivity contribution in [2.75, 3.05) is 17.2 Å². The summed E-state index contributed by atoms with van der Waals surface area (Å²) in [4.78, 5) is 28.1. The number of hydrogen-bond acceptors (Lipinski definition) is 5. The molecule has 0 spiro atoms. The Morgan fingerprint density at radius 2 is 1.77 bits per heavy atom. The molecule has 138 valence electrons. The van der Waals surface area contributed by atoms with Gasteiger partial charge in [-0.3, -0.25) is 9.59 Å². The number of anilines is 2. The third kappa shape index (κ3) is 4.89. The SMILES string of the molecule is CC(OCC1CC1)C(=O)Nc1ccc(NC(=O)C(C)n2cncn2)cc1. The number of ether oxygens (including phenoxy) is 1. The summed E-state index contributed by atoms with van der Waals surface area (Å²) in [6, 6.07) is 6.47. The summed E-state index contributed by atoms with van der Waals surface area (Å²) in [5.74, 6) is 0.240. The molecular formula is C18H23N5O3. The first-order valence-corrected chi connectivity index (χ1v) is 8.70. The highest BCUT2D eigenvalue weighted by Gasteiger charge is 2.24. The van der Waals surface area contributed by atoms with E-state index in [1.165, 1.54) is 30.2 Å². The number of benzene rings is 1. The molecule has 0 bridgehead atoms. The molecule has 0 aliphatic heterocycles. The molecule has 2 unspecified atom stereocenters. The van der Waals surface area contributed by atoms with Gasteiger partial charge in [0, 0.05) is 11.4 Å². The van der Waals surface area contributed by atoms with E-state index in [1.54, 1.807) is 38.1 Å². The first kappa shape index (κ1) is 18.1. The Bertz CT molecular complexity index is 741. The Kier molecular flexibility index (Phi) is 5.62. The van der Waals surface area contributed by atoms with Gasteiger partial charge in [-0.15, -0.1) is 0 Å². The van der Waals surface area contributed by atoms with Gasteiger partial charge in [0.05, 0.1) is 6.61 Å². The molecule has 26 heavy (non-hydrogen) atoms. The Labute approximate surface area is 151 Å². The second-order valence-electron chi connectivity index (χ2n) is 6.53. The number of rotatable bonds is 8. The van der Waals surface area contributed by atoms with Crippen LogP contribution in [0.4, 0.5) is 11.4 Å². The Morgan fingerprint density at radius 1 is 1.15 bits per heavy atom. The first-order valence-electron chi connectivity index (χ1n) is 8.70. The van der Waals surface area contributed by atoms with Crippen LogP contribution < -0.4 is 10.6 Å². The van der Waals surface area contributed by atoms with E-state index in [0.29, 0.717) is 23.9 Å². The molecule has 1 aromatic carbocycles. The summed E-state index contributed by atoms with van der Waals surface area (Å²) in [5, 5.41) is 9.58. The summed E-state index contributed by atoms with van der Waals surface area (Å²) in [5.41, 5.74) is 1.29. The second-order valence-corrected chi connectivity index (χ2v) is 6.53. The van der Waals surface area contributed by atoms with Crippen molar-refractivity contribution in [1.82, 2.24) is 14.8 Å². The predicted octanol–water partition coefficient (Wildman–Crippen LogP) is 2.23. The molecule has 1 aliphatic rings. The monoisotopic (exact) mass is 357 g/mol. The average molecular weight is 357 g/mol. The van der Waals surface area contributed by atoms with Crippen molar-refractivity contribution in [3.05, 3.63) is 36.9 Å². The Hall–Kier alpha value is -2.74. The molecule has 1 aromatic heterocycles. The molecule has 0 radical (unpaired) electrons. The lowest BCUT2D eigenvalue weighted by Crippen LogP contribution is -2.28. The van der Waals surface area contributed by atoms with Crippen LogP contribution >= 0.6 is 0 Å². The van der Waals surface area contributed by atoms with Crippen LogP contribution in [-0.4, -0.2) is 39.3 Å². The van der Waals surface area contributed by atoms with Crippen molar-refractivity contribution >= 4 is 23.2 Å². The highest BCUT2D eigenvalue weighted by molar-refractivity contribution is 5.95. The minimum absolute atomic E-state index is 0.178. The van der Waals surface area contributed by atoms with Crippen LogP contribution in [0, 0.1) is 5.92 Å². The van der Waals surface area contributed by atoms with Crippen molar-refractivity contribution in [2.45, 2.75) is 38.8 Å². The standard InChI is InChI=1S/C18H23N5O3/c1-12(23-11-19-10-20-23)17(24)21-15-5-7-16(8-6-15)22-18(25)13(2)26-9-14-3-4-14/h5-8,10-14H,3-4,9H2,1-2H3,(H,21,24)(H,22,25). The normalized spacial score (nSPS) is 15.9. The summed E-state index contributed by atoms with van der Waals surface area (Å²) < 4.78 is 7.03. The number of carbonyl (C=O) groups is 2. The van der Waals surface area contributed by atoms with Crippen LogP contribution in [0.3, 0.4) is 0 Å². The third-order valence-corrected chi connectivity index (χ3v) is 4.28. The topological polar surface area (TPSA) is 98.1 Å². The molecule has 1 heterocycles. The minimum Gasteiger partial charge on any atom is -0.368 e. The molecule has 8 heteroatoms. The number of carbonyl (C=O) groups excluding carboxylic acids is 2. The van der Waals surface area contributed by atoms with Crippen LogP contribution in [0.15, 0.2) is 36.9 Å². The fraction of sp³-hybridized carbons (Fsp3) is 0.444. The van der Waals surface area contributed by atoms with E-state index in [-0.39, 0.29) is 11.8 Å². The zero-order valence-electron chi connectivity index (χ0n) is 14.9. The fourth-order valence-electron chi connectivity index (χ4n) is 2.31. The summed E-state index contributed by atoms with van der Waals surface area (Å²) in [6.07, 6.45) is 4.78. The molecule has 2 atom stereocenters. The fourth-order valence-corrected chi connectivity index (χ4v) is 2.31. The van der Waals surface area contributed by atoms with Gasteiger partial charge in [0.25, 0.3) is 5.91 Å². The number of hydrogen-bond donors (Lipinski definition) is 2.